The van der Waals surface area contributed by atoms with E-state index in [1.165, 1.54) is 0 Å². The molecule has 1 aromatic heterocycles. The van der Waals surface area contributed by atoms with Crippen molar-refractivity contribution in [3.05, 3.63) is 46.7 Å². The molecule has 2 N–H and O–H groups in total. The summed E-state index contributed by atoms with van der Waals surface area (Å²) in [5, 5.41) is 16.9. The van der Waals surface area contributed by atoms with E-state index in [0.717, 1.165) is 5.69 Å². The normalized spacial score (nSPS) is 19.8. The van der Waals surface area contributed by atoms with Gasteiger partial charge in [-0.05, 0) is 37.6 Å². The number of benzene rings is 1. The highest BCUT2D eigenvalue weighted by atomic mass is 35.5. The molecule has 7 nitrogen and oxygen atoms in total. The van der Waals surface area contributed by atoms with Gasteiger partial charge in [-0.3, -0.25) is 9.59 Å². The molecular formula is C17H18ClN3O4. The van der Waals surface area contributed by atoms with E-state index in [1.807, 2.05) is 0 Å². The van der Waals surface area contributed by atoms with Crippen molar-refractivity contribution in [3.63, 3.8) is 0 Å². The number of rotatable bonds is 5. The molecule has 1 unspecified atom stereocenters. The summed E-state index contributed by atoms with van der Waals surface area (Å²) in [6, 6.07) is 7.08. The third-order valence-corrected chi connectivity index (χ3v) is 4.46. The van der Waals surface area contributed by atoms with Crippen LogP contribution in [0.5, 0.6) is 0 Å². The van der Waals surface area contributed by atoms with Gasteiger partial charge >= 0.3 is 5.97 Å². The molecule has 1 atom stereocenters. The van der Waals surface area contributed by atoms with Gasteiger partial charge in [0.25, 0.3) is 5.91 Å². The first-order valence-electron chi connectivity index (χ1n) is 7.83. The molecule has 8 heteroatoms. The average Bonchev–Trinajstić information content (AvgIpc) is 3.14. The van der Waals surface area contributed by atoms with Crippen LogP contribution in [0.15, 0.2) is 30.5 Å². The Kier molecular flexibility index (Phi) is 4.78. The summed E-state index contributed by atoms with van der Waals surface area (Å²) < 4.78 is 6.90. The van der Waals surface area contributed by atoms with Crippen molar-refractivity contribution in [2.24, 2.45) is 0 Å². The van der Waals surface area contributed by atoms with Crippen LogP contribution in [0, 0.1) is 6.92 Å². The number of nitrogens with one attached hydrogen (secondary N) is 1. The molecule has 25 heavy (non-hydrogen) atoms. The van der Waals surface area contributed by atoms with Crippen LogP contribution >= 0.6 is 11.6 Å². The zero-order valence-electron chi connectivity index (χ0n) is 13.7. The molecule has 2 aromatic rings. The van der Waals surface area contributed by atoms with E-state index >= 15 is 0 Å². The number of ether oxygens (including phenoxy) is 1. The van der Waals surface area contributed by atoms with Crippen LogP contribution in [-0.2, 0) is 9.53 Å². The standard InChI is InChI=1S/C17H18ClN3O4/c1-11-14(9-21(20-11)13-4-2-12(18)3-5-13)16(24)19-17(8-15(22)23)6-7-25-10-17/h2-5,9H,6-8,10H2,1H3,(H,19,24)(H,22,23). The lowest BCUT2D eigenvalue weighted by Crippen LogP contribution is -2.50. The maximum absolute atomic E-state index is 12.7. The number of aryl methyl sites for hydroxylation is 1. The largest absolute Gasteiger partial charge is 0.481 e. The molecule has 1 aromatic carbocycles. The third-order valence-electron chi connectivity index (χ3n) is 4.21. The minimum atomic E-state index is -0.973. The summed E-state index contributed by atoms with van der Waals surface area (Å²) in [7, 11) is 0. The SMILES string of the molecule is Cc1nn(-c2ccc(Cl)cc2)cc1C(=O)NC1(CC(=O)O)CCOC1. The first kappa shape index (κ1) is 17.4. The number of nitrogens with zero attached hydrogens (tertiary/aromatic N) is 2. The van der Waals surface area contributed by atoms with Crippen molar-refractivity contribution < 1.29 is 19.4 Å². The highest BCUT2D eigenvalue weighted by Crippen LogP contribution is 2.24. The van der Waals surface area contributed by atoms with Crippen LogP contribution in [0.4, 0.5) is 0 Å². The number of halogens is 1. The average molecular weight is 364 g/mol. The summed E-state index contributed by atoms with van der Waals surface area (Å²) in [6.07, 6.45) is 1.91. The molecule has 0 saturated carbocycles. The number of carbonyl (C=O) groups excluding carboxylic acids is 1. The molecule has 2 heterocycles. The van der Waals surface area contributed by atoms with Crippen molar-refractivity contribution in [2.45, 2.75) is 25.3 Å². The molecule has 0 spiro atoms. The smallest absolute Gasteiger partial charge is 0.305 e. The van der Waals surface area contributed by atoms with Crippen molar-refractivity contribution in [2.75, 3.05) is 13.2 Å². The van der Waals surface area contributed by atoms with E-state index in [-0.39, 0.29) is 18.9 Å². The lowest BCUT2D eigenvalue weighted by atomic mass is 9.94. The number of hydrogen-bond donors (Lipinski definition) is 2. The summed E-state index contributed by atoms with van der Waals surface area (Å²) in [4.78, 5) is 23.8. The van der Waals surface area contributed by atoms with Gasteiger partial charge in [-0.15, -0.1) is 0 Å². The molecule has 1 amide bonds. The Bertz CT molecular complexity index is 795. The van der Waals surface area contributed by atoms with E-state index < -0.39 is 11.5 Å². The molecule has 132 valence electrons. The molecule has 3 rings (SSSR count). The summed E-state index contributed by atoms with van der Waals surface area (Å²) in [5.74, 6) is -1.33. The van der Waals surface area contributed by atoms with Crippen LogP contribution in [-0.4, -0.2) is 45.5 Å². The molecule has 0 aliphatic carbocycles. The highest BCUT2D eigenvalue weighted by molar-refractivity contribution is 6.30. The van der Waals surface area contributed by atoms with E-state index in [0.29, 0.717) is 29.3 Å². The maximum atomic E-state index is 12.7. The Morgan fingerprint density at radius 2 is 2.12 bits per heavy atom. The van der Waals surface area contributed by atoms with Crippen LogP contribution in [0.3, 0.4) is 0 Å². The molecular weight excluding hydrogens is 346 g/mol. The van der Waals surface area contributed by atoms with Gasteiger partial charge in [0, 0.05) is 17.8 Å². The Morgan fingerprint density at radius 1 is 1.40 bits per heavy atom. The Hall–Kier alpha value is -2.38. The maximum Gasteiger partial charge on any atom is 0.305 e. The number of carbonyl (C=O) groups is 2. The van der Waals surface area contributed by atoms with Crippen molar-refractivity contribution >= 4 is 23.5 Å². The number of carboxylic acids is 1. The van der Waals surface area contributed by atoms with Crippen LogP contribution in [0.25, 0.3) is 5.69 Å². The Morgan fingerprint density at radius 3 is 2.72 bits per heavy atom. The third kappa shape index (κ3) is 3.83. The predicted octanol–water partition coefficient (Wildman–Crippen LogP) is 2.20. The lowest BCUT2D eigenvalue weighted by Gasteiger charge is -2.26. The topological polar surface area (TPSA) is 93.5 Å². The molecule has 0 radical (unpaired) electrons. The summed E-state index contributed by atoms with van der Waals surface area (Å²) in [5.41, 5.74) is 0.844. The number of hydrogen-bond acceptors (Lipinski definition) is 4. The first-order valence-corrected chi connectivity index (χ1v) is 8.21. The van der Waals surface area contributed by atoms with Gasteiger partial charge in [0.15, 0.2) is 0 Å². The highest BCUT2D eigenvalue weighted by Gasteiger charge is 2.39. The predicted molar refractivity (Wildman–Crippen MR) is 91.2 cm³/mol. The van der Waals surface area contributed by atoms with Gasteiger partial charge in [0.05, 0.1) is 35.5 Å². The fraction of sp³-hybridized carbons (Fsp3) is 0.353. The number of carboxylic acid groups (broad SMARTS) is 1. The first-order chi connectivity index (χ1) is 11.9. The number of amides is 1. The fourth-order valence-corrected chi connectivity index (χ4v) is 3.02. The molecule has 1 fully saturated rings. The van der Waals surface area contributed by atoms with Gasteiger partial charge in [-0.1, -0.05) is 11.6 Å². The lowest BCUT2D eigenvalue weighted by molar-refractivity contribution is -0.138. The molecule has 1 saturated heterocycles. The van der Waals surface area contributed by atoms with Crippen LogP contribution < -0.4 is 5.32 Å². The number of aromatic nitrogens is 2. The van der Waals surface area contributed by atoms with Gasteiger partial charge in [0.1, 0.15) is 0 Å². The molecule has 1 aliphatic rings. The van der Waals surface area contributed by atoms with Crippen molar-refractivity contribution in [1.82, 2.24) is 15.1 Å². The quantitative estimate of drug-likeness (QED) is 0.849. The second kappa shape index (κ2) is 6.85. The van der Waals surface area contributed by atoms with Gasteiger partial charge in [-0.2, -0.15) is 5.10 Å². The van der Waals surface area contributed by atoms with Crippen LogP contribution in [0.1, 0.15) is 28.9 Å². The van der Waals surface area contributed by atoms with Crippen molar-refractivity contribution in [3.8, 4) is 5.69 Å². The zero-order chi connectivity index (χ0) is 18.0. The minimum Gasteiger partial charge on any atom is -0.481 e. The Balaban J connectivity index is 1.82. The van der Waals surface area contributed by atoms with E-state index in [4.69, 9.17) is 21.4 Å². The molecule has 1 aliphatic heterocycles. The Labute approximate surface area is 149 Å². The summed E-state index contributed by atoms with van der Waals surface area (Å²) >= 11 is 5.88. The van der Waals surface area contributed by atoms with Crippen molar-refractivity contribution in [1.29, 1.82) is 0 Å². The van der Waals surface area contributed by atoms with Gasteiger partial charge in [-0.25, -0.2) is 4.68 Å². The van der Waals surface area contributed by atoms with Gasteiger partial charge < -0.3 is 15.2 Å². The van der Waals surface area contributed by atoms with E-state index in [9.17, 15) is 9.59 Å². The van der Waals surface area contributed by atoms with Crippen LogP contribution in [0.2, 0.25) is 5.02 Å². The number of aliphatic carboxylic acids is 1. The van der Waals surface area contributed by atoms with E-state index in [1.54, 1.807) is 42.1 Å². The monoisotopic (exact) mass is 363 g/mol. The second-order valence-electron chi connectivity index (χ2n) is 6.16. The minimum absolute atomic E-state index is 0.177. The zero-order valence-corrected chi connectivity index (χ0v) is 14.4. The van der Waals surface area contributed by atoms with Gasteiger partial charge in [0.2, 0.25) is 0 Å². The fourth-order valence-electron chi connectivity index (χ4n) is 2.90. The summed E-state index contributed by atoms with van der Waals surface area (Å²) in [6.45, 7) is 2.35. The second-order valence-corrected chi connectivity index (χ2v) is 6.59. The molecule has 0 bridgehead atoms. The van der Waals surface area contributed by atoms with E-state index in [2.05, 4.69) is 10.4 Å².